The third kappa shape index (κ3) is 9.28. The van der Waals surface area contributed by atoms with E-state index in [2.05, 4.69) is 19.2 Å². The zero-order valence-electron chi connectivity index (χ0n) is 23.2. The fraction of sp³-hybridized carbons (Fsp3) is 0.344. The number of nitrogens with one attached hydrogen (secondary N) is 1. The number of amides is 1. The Morgan fingerprint density at radius 1 is 0.692 bits per heavy atom. The van der Waals surface area contributed by atoms with E-state index in [0.29, 0.717) is 5.56 Å². The molecule has 0 unspecified atom stereocenters. The first-order valence-corrected chi connectivity index (χ1v) is 13.0. The molecule has 0 bridgehead atoms. The van der Waals surface area contributed by atoms with Crippen molar-refractivity contribution in [3.63, 3.8) is 0 Å². The Morgan fingerprint density at radius 3 is 1.54 bits per heavy atom. The lowest BCUT2D eigenvalue weighted by Gasteiger charge is -2.28. The van der Waals surface area contributed by atoms with Crippen LogP contribution < -0.4 is 5.32 Å². The molecule has 206 valence electrons. The molecule has 0 aliphatic heterocycles. The van der Waals surface area contributed by atoms with Crippen molar-refractivity contribution < 1.29 is 28.6 Å². The molecule has 1 atom stereocenters. The second-order valence-electron chi connectivity index (χ2n) is 10.6. The molecule has 0 saturated carbocycles. The van der Waals surface area contributed by atoms with Crippen LogP contribution in [0.15, 0.2) is 84.9 Å². The summed E-state index contributed by atoms with van der Waals surface area (Å²) in [6, 6.07) is 24.6. The lowest BCUT2D eigenvalue weighted by molar-refractivity contribution is -0.165. The summed E-state index contributed by atoms with van der Waals surface area (Å²) in [4.78, 5) is 39.9. The van der Waals surface area contributed by atoms with E-state index in [1.54, 1.807) is 32.9 Å². The highest BCUT2D eigenvalue weighted by Gasteiger charge is 2.40. The van der Waals surface area contributed by atoms with Crippen molar-refractivity contribution in [2.24, 2.45) is 5.92 Å². The van der Waals surface area contributed by atoms with Crippen LogP contribution in [0.5, 0.6) is 0 Å². The third-order valence-electron chi connectivity index (χ3n) is 5.92. The molecule has 1 N–H and O–H groups in total. The smallest absolute Gasteiger partial charge is 0.408 e. The fourth-order valence-corrected chi connectivity index (χ4v) is 3.89. The van der Waals surface area contributed by atoms with E-state index in [1.165, 1.54) is 0 Å². The SMILES string of the molecule is CC(C)c1ccc([C@H](NC(=O)OC(C)(C)C)C(C(=O)OCc2ccccc2)C(=O)OCc2ccccc2)cc1. The molecule has 0 heterocycles. The molecule has 7 nitrogen and oxygen atoms in total. The predicted octanol–water partition coefficient (Wildman–Crippen LogP) is 6.48. The van der Waals surface area contributed by atoms with Crippen molar-refractivity contribution in [3.05, 3.63) is 107 Å². The summed E-state index contributed by atoms with van der Waals surface area (Å²) in [6.45, 7) is 9.27. The van der Waals surface area contributed by atoms with Gasteiger partial charge in [0.25, 0.3) is 0 Å². The molecule has 0 aliphatic rings. The van der Waals surface area contributed by atoms with E-state index in [-0.39, 0.29) is 19.1 Å². The van der Waals surface area contributed by atoms with E-state index >= 15 is 0 Å². The van der Waals surface area contributed by atoms with Gasteiger partial charge in [0, 0.05) is 0 Å². The van der Waals surface area contributed by atoms with Crippen molar-refractivity contribution >= 4 is 18.0 Å². The largest absolute Gasteiger partial charge is 0.460 e. The summed E-state index contributed by atoms with van der Waals surface area (Å²) in [6.07, 6.45) is -0.767. The summed E-state index contributed by atoms with van der Waals surface area (Å²) in [5.74, 6) is -2.83. The monoisotopic (exact) mass is 531 g/mol. The van der Waals surface area contributed by atoms with Crippen LogP contribution in [0.25, 0.3) is 0 Å². The number of rotatable bonds is 10. The van der Waals surface area contributed by atoms with E-state index in [1.807, 2.05) is 72.8 Å². The molecule has 3 aromatic carbocycles. The first-order chi connectivity index (χ1) is 18.5. The van der Waals surface area contributed by atoms with E-state index in [0.717, 1.165) is 16.7 Å². The Bertz CT molecular complexity index is 1160. The molecule has 0 spiro atoms. The number of carbonyl (C=O) groups is 3. The Labute approximate surface area is 230 Å². The molecular weight excluding hydrogens is 494 g/mol. The van der Waals surface area contributed by atoms with Gasteiger partial charge in [-0.2, -0.15) is 0 Å². The topological polar surface area (TPSA) is 90.9 Å². The van der Waals surface area contributed by atoms with Crippen molar-refractivity contribution in [1.29, 1.82) is 0 Å². The van der Waals surface area contributed by atoms with E-state index < -0.39 is 35.6 Å². The summed E-state index contributed by atoms with van der Waals surface area (Å²) >= 11 is 0. The zero-order chi connectivity index (χ0) is 28.4. The van der Waals surface area contributed by atoms with Gasteiger partial charge in [-0.25, -0.2) is 4.79 Å². The second kappa shape index (κ2) is 13.6. The van der Waals surface area contributed by atoms with Crippen molar-refractivity contribution in [3.8, 4) is 0 Å². The van der Waals surface area contributed by atoms with Crippen LogP contribution in [-0.4, -0.2) is 23.6 Å². The Kier molecular flexibility index (Phi) is 10.3. The summed E-state index contributed by atoms with van der Waals surface area (Å²) in [5.41, 5.74) is 2.36. The number of carbonyl (C=O) groups excluding carboxylic acids is 3. The maximum Gasteiger partial charge on any atom is 0.408 e. The van der Waals surface area contributed by atoms with Gasteiger partial charge >= 0.3 is 18.0 Å². The average Bonchev–Trinajstić information content (AvgIpc) is 2.90. The maximum atomic E-state index is 13.5. The molecule has 0 aromatic heterocycles. The number of hydrogen-bond donors (Lipinski definition) is 1. The first-order valence-electron chi connectivity index (χ1n) is 13.0. The Hall–Kier alpha value is -4.13. The van der Waals surface area contributed by atoms with Crippen LogP contribution in [0.4, 0.5) is 4.79 Å². The minimum atomic E-state index is -1.48. The van der Waals surface area contributed by atoms with Crippen LogP contribution in [0, 0.1) is 5.92 Å². The predicted molar refractivity (Wildman–Crippen MR) is 149 cm³/mol. The van der Waals surface area contributed by atoms with Gasteiger partial charge in [0.15, 0.2) is 5.92 Å². The number of benzene rings is 3. The minimum absolute atomic E-state index is 0.0341. The molecule has 3 aromatic rings. The van der Waals surface area contributed by atoms with Gasteiger partial charge in [-0.3, -0.25) is 9.59 Å². The lowest BCUT2D eigenvalue weighted by Crippen LogP contribution is -2.43. The number of alkyl carbamates (subject to hydrolysis) is 1. The van der Waals surface area contributed by atoms with Gasteiger partial charge in [0.05, 0.1) is 6.04 Å². The van der Waals surface area contributed by atoms with E-state index in [9.17, 15) is 14.4 Å². The Morgan fingerprint density at radius 2 is 1.13 bits per heavy atom. The molecule has 0 radical (unpaired) electrons. The highest BCUT2D eigenvalue weighted by Crippen LogP contribution is 2.28. The molecule has 39 heavy (non-hydrogen) atoms. The number of hydrogen-bond acceptors (Lipinski definition) is 6. The minimum Gasteiger partial charge on any atom is -0.460 e. The molecule has 1 amide bonds. The van der Waals surface area contributed by atoms with Gasteiger partial charge in [-0.05, 0) is 48.9 Å². The highest BCUT2D eigenvalue weighted by molar-refractivity contribution is 5.96. The molecular formula is C32H37NO6. The maximum absolute atomic E-state index is 13.5. The first kappa shape index (κ1) is 29.4. The summed E-state index contributed by atoms with van der Waals surface area (Å²) < 4.78 is 16.6. The number of ether oxygens (including phenoxy) is 3. The third-order valence-corrected chi connectivity index (χ3v) is 5.92. The molecule has 3 rings (SSSR count). The van der Waals surface area contributed by atoms with Gasteiger partial charge in [-0.15, -0.1) is 0 Å². The normalized spacial score (nSPS) is 12.1. The van der Waals surface area contributed by atoms with Gasteiger partial charge < -0.3 is 19.5 Å². The van der Waals surface area contributed by atoms with E-state index in [4.69, 9.17) is 14.2 Å². The van der Waals surface area contributed by atoms with Crippen molar-refractivity contribution in [2.75, 3.05) is 0 Å². The average molecular weight is 532 g/mol. The fourth-order valence-electron chi connectivity index (χ4n) is 3.89. The van der Waals surface area contributed by atoms with Crippen LogP contribution in [0.1, 0.15) is 68.8 Å². The van der Waals surface area contributed by atoms with Gasteiger partial charge in [0.2, 0.25) is 0 Å². The molecule has 7 heteroatoms. The summed E-state index contributed by atoms with van der Waals surface area (Å²) in [5, 5.41) is 2.73. The molecule has 0 saturated heterocycles. The molecule has 0 aliphatic carbocycles. The zero-order valence-corrected chi connectivity index (χ0v) is 23.2. The van der Waals surface area contributed by atoms with Gasteiger partial charge in [-0.1, -0.05) is 98.8 Å². The lowest BCUT2D eigenvalue weighted by atomic mass is 9.91. The van der Waals surface area contributed by atoms with Crippen LogP contribution >= 0.6 is 0 Å². The molecule has 0 fully saturated rings. The standard InChI is InChI=1S/C32H37NO6/c1-22(2)25-16-18-26(19-17-25)28(33-31(36)39-32(3,4)5)27(29(34)37-20-23-12-8-6-9-13-23)30(35)38-21-24-14-10-7-11-15-24/h6-19,22,27-28H,20-21H2,1-5H3,(H,33,36)/t28-/m0/s1. The summed E-state index contributed by atoms with van der Waals surface area (Å²) in [7, 11) is 0. The van der Waals surface area contributed by atoms with Crippen molar-refractivity contribution in [1.82, 2.24) is 5.32 Å². The van der Waals surface area contributed by atoms with Crippen LogP contribution in [0.2, 0.25) is 0 Å². The number of esters is 2. The van der Waals surface area contributed by atoms with Crippen LogP contribution in [-0.2, 0) is 37.0 Å². The van der Waals surface area contributed by atoms with Crippen LogP contribution in [0.3, 0.4) is 0 Å². The Balaban J connectivity index is 1.95. The second-order valence-corrected chi connectivity index (χ2v) is 10.6. The van der Waals surface area contributed by atoms with Gasteiger partial charge in [0.1, 0.15) is 18.8 Å². The quantitative estimate of drug-likeness (QED) is 0.183. The highest BCUT2D eigenvalue weighted by atomic mass is 16.6. The van der Waals surface area contributed by atoms with Crippen molar-refractivity contribution in [2.45, 2.75) is 65.4 Å².